The predicted molar refractivity (Wildman–Crippen MR) is 122 cm³/mol. The third-order valence-electron chi connectivity index (χ3n) is 4.95. The van der Waals surface area contributed by atoms with Crippen LogP contribution in [0.25, 0.3) is 5.65 Å². The van der Waals surface area contributed by atoms with Gasteiger partial charge in [-0.05, 0) is 48.9 Å². The van der Waals surface area contributed by atoms with Crippen LogP contribution in [0.15, 0.2) is 73.1 Å². The van der Waals surface area contributed by atoms with Gasteiger partial charge >= 0.3 is 0 Å². The fourth-order valence-corrected chi connectivity index (χ4v) is 3.30. The average Bonchev–Trinajstić information content (AvgIpc) is 3.22. The van der Waals surface area contributed by atoms with Gasteiger partial charge in [0.2, 0.25) is 0 Å². The molecule has 0 aliphatic carbocycles. The number of nitrogens with one attached hydrogen (secondary N) is 2. The van der Waals surface area contributed by atoms with E-state index in [-0.39, 0.29) is 31.2 Å². The zero-order chi connectivity index (χ0) is 23.2. The Bertz CT molecular complexity index is 1300. The number of fused-ring (bicyclic) bond motifs is 1. The highest BCUT2D eigenvalue weighted by atomic mass is 19.1. The Labute approximate surface area is 190 Å². The number of amides is 2. The van der Waals surface area contributed by atoms with E-state index in [4.69, 9.17) is 4.74 Å². The molecular formula is C25H23FN4O3. The third kappa shape index (κ3) is 5.54. The molecular weight excluding hydrogens is 423 g/mol. The Kier molecular flexibility index (Phi) is 6.64. The number of hydrogen-bond acceptors (Lipinski definition) is 4. The first kappa shape index (κ1) is 22.0. The maximum Gasteiger partial charge on any atom is 0.254 e. The minimum atomic E-state index is -0.588. The van der Waals surface area contributed by atoms with Gasteiger partial charge in [0.05, 0.1) is 11.3 Å². The van der Waals surface area contributed by atoms with Crippen molar-refractivity contribution in [3.8, 4) is 5.75 Å². The van der Waals surface area contributed by atoms with Crippen LogP contribution >= 0.6 is 0 Å². The van der Waals surface area contributed by atoms with Gasteiger partial charge in [0.15, 0.2) is 0 Å². The molecule has 33 heavy (non-hydrogen) atoms. The summed E-state index contributed by atoms with van der Waals surface area (Å²) in [6.45, 7) is 2.66. The quantitative estimate of drug-likeness (QED) is 0.406. The van der Waals surface area contributed by atoms with Gasteiger partial charge in [0.25, 0.3) is 11.8 Å². The van der Waals surface area contributed by atoms with Gasteiger partial charge in [-0.3, -0.25) is 9.59 Å². The zero-order valence-corrected chi connectivity index (χ0v) is 18.0. The van der Waals surface area contributed by atoms with E-state index in [9.17, 15) is 14.0 Å². The number of aromatic nitrogens is 2. The summed E-state index contributed by atoms with van der Waals surface area (Å²) in [7, 11) is 0. The number of aryl methyl sites for hydroxylation is 1. The highest BCUT2D eigenvalue weighted by Crippen LogP contribution is 2.16. The van der Waals surface area contributed by atoms with Crippen molar-refractivity contribution in [3.05, 3.63) is 101 Å². The van der Waals surface area contributed by atoms with Gasteiger partial charge in [-0.2, -0.15) is 0 Å². The lowest BCUT2D eigenvalue weighted by atomic mass is 10.2. The number of carbonyl (C=O) groups is 2. The molecule has 0 atom stereocenters. The van der Waals surface area contributed by atoms with E-state index in [1.54, 1.807) is 30.3 Å². The van der Waals surface area contributed by atoms with Crippen LogP contribution in [-0.4, -0.2) is 34.3 Å². The second-order valence-electron chi connectivity index (χ2n) is 7.51. The number of ether oxygens (including phenoxy) is 1. The summed E-state index contributed by atoms with van der Waals surface area (Å²) in [6.07, 6.45) is 3.91. The maximum absolute atomic E-state index is 13.6. The molecule has 0 aliphatic rings. The summed E-state index contributed by atoms with van der Waals surface area (Å²) in [5.41, 5.74) is 3.15. The van der Waals surface area contributed by atoms with Crippen molar-refractivity contribution >= 4 is 17.5 Å². The molecule has 0 radical (unpaired) electrons. The fourth-order valence-electron chi connectivity index (χ4n) is 3.30. The molecule has 2 heterocycles. The summed E-state index contributed by atoms with van der Waals surface area (Å²) in [5.74, 6) is -0.873. The lowest BCUT2D eigenvalue weighted by Gasteiger charge is -2.09. The second kappa shape index (κ2) is 9.95. The van der Waals surface area contributed by atoms with Crippen molar-refractivity contribution in [2.75, 3.05) is 13.1 Å². The van der Waals surface area contributed by atoms with E-state index in [1.165, 1.54) is 18.2 Å². The lowest BCUT2D eigenvalue weighted by Crippen LogP contribution is -2.35. The summed E-state index contributed by atoms with van der Waals surface area (Å²) in [6, 6.07) is 16.5. The maximum atomic E-state index is 13.6. The number of imidazole rings is 1. The molecule has 0 saturated carbocycles. The van der Waals surface area contributed by atoms with Crippen molar-refractivity contribution in [2.45, 2.75) is 13.5 Å². The summed E-state index contributed by atoms with van der Waals surface area (Å²) < 4.78 is 21.4. The number of carbonyl (C=O) groups excluding carboxylic acids is 2. The molecule has 7 nitrogen and oxygen atoms in total. The number of hydrogen-bond donors (Lipinski definition) is 2. The largest absolute Gasteiger partial charge is 0.487 e. The van der Waals surface area contributed by atoms with Crippen LogP contribution in [0.1, 0.15) is 32.0 Å². The summed E-state index contributed by atoms with van der Waals surface area (Å²) in [5, 5.41) is 5.31. The van der Waals surface area contributed by atoms with E-state index in [1.807, 2.05) is 35.9 Å². The molecule has 0 bridgehead atoms. The third-order valence-corrected chi connectivity index (χ3v) is 4.95. The Balaban J connectivity index is 1.27. The molecule has 2 N–H and O–H groups in total. The summed E-state index contributed by atoms with van der Waals surface area (Å²) >= 11 is 0. The van der Waals surface area contributed by atoms with Gasteiger partial charge in [0.1, 0.15) is 23.8 Å². The van der Waals surface area contributed by atoms with E-state index in [0.717, 1.165) is 16.9 Å². The van der Waals surface area contributed by atoms with Crippen LogP contribution in [0.5, 0.6) is 5.75 Å². The van der Waals surface area contributed by atoms with Crippen molar-refractivity contribution in [1.82, 2.24) is 20.0 Å². The van der Waals surface area contributed by atoms with Crippen molar-refractivity contribution in [3.63, 3.8) is 0 Å². The van der Waals surface area contributed by atoms with Crippen LogP contribution in [-0.2, 0) is 6.61 Å². The Morgan fingerprint density at radius 1 is 0.970 bits per heavy atom. The number of rotatable bonds is 8. The number of halogens is 1. The van der Waals surface area contributed by atoms with E-state index in [0.29, 0.717) is 11.3 Å². The Morgan fingerprint density at radius 3 is 2.58 bits per heavy atom. The van der Waals surface area contributed by atoms with Crippen LogP contribution in [0, 0.1) is 12.7 Å². The molecule has 4 aromatic rings. The molecule has 8 heteroatoms. The fraction of sp³-hybridized carbons (Fsp3) is 0.160. The van der Waals surface area contributed by atoms with E-state index >= 15 is 0 Å². The standard InChI is InChI=1S/C25H23FN4O3/c1-17-9-10-23-29-19(15-30(23)14-17)16-33-20-6-4-5-18(13-20)24(31)27-11-12-28-25(32)21-7-2-3-8-22(21)26/h2-10,13-15H,11-12,16H2,1H3,(H,27,31)(H,28,32). The molecule has 0 unspecified atom stereocenters. The average molecular weight is 446 g/mol. The highest BCUT2D eigenvalue weighted by Gasteiger charge is 2.11. The minimum absolute atomic E-state index is 0.0329. The van der Waals surface area contributed by atoms with E-state index in [2.05, 4.69) is 15.6 Å². The van der Waals surface area contributed by atoms with Crippen LogP contribution in [0.3, 0.4) is 0 Å². The molecule has 4 rings (SSSR count). The Hall–Kier alpha value is -4.20. The summed E-state index contributed by atoms with van der Waals surface area (Å²) in [4.78, 5) is 29.0. The number of nitrogens with zero attached hydrogens (tertiary/aromatic N) is 2. The van der Waals surface area contributed by atoms with Crippen LogP contribution < -0.4 is 15.4 Å². The molecule has 0 aliphatic heterocycles. The molecule has 0 saturated heterocycles. The normalized spacial score (nSPS) is 10.7. The van der Waals surface area contributed by atoms with Gasteiger partial charge in [0, 0.05) is 31.0 Å². The highest BCUT2D eigenvalue weighted by molar-refractivity contribution is 5.95. The molecule has 2 aromatic carbocycles. The van der Waals surface area contributed by atoms with Crippen LogP contribution in [0.2, 0.25) is 0 Å². The van der Waals surface area contributed by atoms with Gasteiger partial charge in [-0.25, -0.2) is 9.37 Å². The first-order chi connectivity index (χ1) is 16.0. The van der Waals surface area contributed by atoms with Gasteiger partial charge in [-0.1, -0.05) is 24.3 Å². The zero-order valence-electron chi connectivity index (χ0n) is 18.0. The molecule has 2 amide bonds. The van der Waals surface area contributed by atoms with Crippen LogP contribution in [0.4, 0.5) is 4.39 Å². The molecule has 0 spiro atoms. The molecule has 168 valence electrons. The first-order valence-corrected chi connectivity index (χ1v) is 10.5. The molecule has 2 aromatic heterocycles. The van der Waals surface area contributed by atoms with Crippen molar-refractivity contribution in [2.24, 2.45) is 0 Å². The van der Waals surface area contributed by atoms with E-state index < -0.39 is 11.7 Å². The Morgan fingerprint density at radius 2 is 1.76 bits per heavy atom. The SMILES string of the molecule is Cc1ccc2nc(COc3cccc(C(=O)NCCNC(=O)c4ccccc4F)c3)cn2c1. The van der Waals surface area contributed by atoms with Gasteiger partial charge < -0.3 is 19.8 Å². The van der Waals surface area contributed by atoms with Gasteiger partial charge in [-0.15, -0.1) is 0 Å². The monoisotopic (exact) mass is 446 g/mol. The molecule has 0 fully saturated rings. The topological polar surface area (TPSA) is 84.7 Å². The van der Waals surface area contributed by atoms with Crippen molar-refractivity contribution < 1.29 is 18.7 Å². The number of pyridine rings is 1. The lowest BCUT2D eigenvalue weighted by molar-refractivity contribution is 0.0925. The van der Waals surface area contributed by atoms with Crippen molar-refractivity contribution in [1.29, 1.82) is 0 Å². The second-order valence-corrected chi connectivity index (χ2v) is 7.51. The first-order valence-electron chi connectivity index (χ1n) is 10.5. The predicted octanol–water partition coefficient (Wildman–Crippen LogP) is 3.52. The number of benzene rings is 2. The minimum Gasteiger partial charge on any atom is -0.487 e. The smallest absolute Gasteiger partial charge is 0.254 e.